The third kappa shape index (κ3) is 4.28. The van der Waals surface area contributed by atoms with Gasteiger partial charge in [0.15, 0.2) is 0 Å². The third-order valence-electron chi connectivity index (χ3n) is 5.11. The summed E-state index contributed by atoms with van der Waals surface area (Å²) in [7, 11) is 0. The summed E-state index contributed by atoms with van der Waals surface area (Å²) in [5.74, 6) is 0.608. The molecule has 7 nitrogen and oxygen atoms in total. The number of likely N-dealkylation sites (tertiary alicyclic amines) is 1. The van der Waals surface area contributed by atoms with Gasteiger partial charge in [0, 0.05) is 0 Å². The maximum atomic E-state index is 11.8. The summed E-state index contributed by atoms with van der Waals surface area (Å²) in [6.45, 7) is 4.05. The zero-order valence-electron chi connectivity index (χ0n) is 16.0. The van der Waals surface area contributed by atoms with E-state index in [1.54, 1.807) is 0 Å². The van der Waals surface area contributed by atoms with Crippen molar-refractivity contribution in [3.05, 3.63) is 51.9 Å². The number of rotatable bonds is 6. The summed E-state index contributed by atoms with van der Waals surface area (Å²) >= 11 is 3.45. The lowest BCUT2D eigenvalue weighted by atomic mass is 9.99. The molecule has 1 saturated heterocycles. The largest absolute Gasteiger partial charge is 0.465 e. The van der Waals surface area contributed by atoms with Gasteiger partial charge in [0.25, 0.3) is 0 Å². The van der Waals surface area contributed by atoms with Gasteiger partial charge in [-0.05, 0) is 40.8 Å². The number of aliphatic hydroxyl groups excluding tert-OH is 1. The predicted octanol–water partition coefficient (Wildman–Crippen LogP) is 3.11. The number of hydrogen-bond donors (Lipinski definition) is 3. The molecule has 0 saturated carbocycles. The number of nitrogens with one attached hydrogen (secondary N) is 1. The fourth-order valence-electron chi connectivity index (χ4n) is 3.63. The van der Waals surface area contributed by atoms with Crippen molar-refractivity contribution >= 4 is 27.8 Å². The summed E-state index contributed by atoms with van der Waals surface area (Å²) in [6, 6.07) is 8.84. The zero-order valence-corrected chi connectivity index (χ0v) is 17.6. The summed E-state index contributed by atoms with van der Waals surface area (Å²) in [5.41, 5.74) is 2.62. The topological polar surface area (TPSA) is 98.6 Å². The summed E-state index contributed by atoms with van der Waals surface area (Å²) in [4.78, 5) is 22.3. The van der Waals surface area contributed by atoms with E-state index in [0.29, 0.717) is 25.1 Å². The first-order chi connectivity index (χ1) is 13.4. The number of halogens is 1. The molecule has 1 aliphatic rings. The first-order valence-corrected chi connectivity index (χ1v) is 10.3. The van der Waals surface area contributed by atoms with Crippen LogP contribution in [0.3, 0.4) is 0 Å². The Morgan fingerprint density at radius 2 is 1.89 bits per heavy atom. The van der Waals surface area contributed by atoms with Crippen LogP contribution in [0.15, 0.2) is 34.9 Å². The van der Waals surface area contributed by atoms with Crippen molar-refractivity contribution in [2.75, 3.05) is 11.9 Å². The lowest BCUT2D eigenvalue weighted by Crippen LogP contribution is -2.44. The Hall–Kier alpha value is -2.19. The van der Waals surface area contributed by atoms with Crippen molar-refractivity contribution in [2.24, 2.45) is 0 Å². The van der Waals surface area contributed by atoms with Crippen LogP contribution in [0.5, 0.6) is 0 Å². The highest BCUT2D eigenvalue weighted by Gasteiger charge is 2.43. The standard InChI is InChI=1S/C20H25BrN4O3/c1-3-13-18(21)22-14(4-2)19(23-13)24-17-15(10-12-8-6-5-7-9-12)25(20(27)28)11-16(17)26/h5-9,15-17,26H,3-4,10-11H2,1-2H3,(H,23,24)(H,27,28)/t15?,16-,17+/m0/s1. The van der Waals surface area contributed by atoms with Crippen LogP contribution in [0, 0.1) is 0 Å². The van der Waals surface area contributed by atoms with Gasteiger partial charge in [-0.3, -0.25) is 0 Å². The van der Waals surface area contributed by atoms with Gasteiger partial charge in [0.05, 0.1) is 36.1 Å². The molecule has 0 aliphatic carbocycles. The minimum Gasteiger partial charge on any atom is -0.465 e. The van der Waals surface area contributed by atoms with Crippen LogP contribution in [-0.2, 0) is 19.3 Å². The van der Waals surface area contributed by atoms with Gasteiger partial charge >= 0.3 is 6.09 Å². The quantitative estimate of drug-likeness (QED) is 0.627. The molecule has 1 aromatic heterocycles. The van der Waals surface area contributed by atoms with E-state index in [0.717, 1.165) is 21.6 Å². The molecule has 1 aromatic carbocycles. The highest BCUT2D eigenvalue weighted by molar-refractivity contribution is 9.10. The Bertz CT molecular complexity index is 834. The van der Waals surface area contributed by atoms with Gasteiger partial charge in [-0.25, -0.2) is 14.8 Å². The average Bonchev–Trinajstić information content (AvgIpc) is 2.99. The minimum absolute atomic E-state index is 0.0660. The third-order valence-corrected chi connectivity index (χ3v) is 5.75. The molecule has 150 valence electrons. The molecule has 1 amide bonds. The van der Waals surface area contributed by atoms with E-state index in [2.05, 4.69) is 31.2 Å². The van der Waals surface area contributed by atoms with E-state index >= 15 is 0 Å². The summed E-state index contributed by atoms with van der Waals surface area (Å²) in [6.07, 6.45) is 0.0376. The monoisotopic (exact) mass is 448 g/mol. The van der Waals surface area contributed by atoms with Crippen LogP contribution in [0.2, 0.25) is 0 Å². The summed E-state index contributed by atoms with van der Waals surface area (Å²) in [5, 5.41) is 23.6. The number of benzene rings is 1. The second-order valence-corrected chi connectivity index (χ2v) is 7.64. The number of aryl methyl sites for hydroxylation is 2. The van der Waals surface area contributed by atoms with Gasteiger partial charge in [0.1, 0.15) is 10.4 Å². The Balaban J connectivity index is 1.93. The van der Waals surface area contributed by atoms with Crippen LogP contribution in [0.4, 0.5) is 10.6 Å². The Labute approximate surface area is 172 Å². The van der Waals surface area contributed by atoms with Crippen LogP contribution < -0.4 is 5.32 Å². The predicted molar refractivity (Wildman–Crippen MR) is 111 cm³/mol. The minimum atomic E-state index is -1.03. The molecule has 0 bridgehead atoms. The van der Waals surface area contributed by atoms with Gasteiger partial charge in [-0.15, -0.1) is 0 Å². The maximum Gasteiger partial charge on any atom is 0.407 e. The lowest BCUT2D eigenvalue weighted by Gasteiger charge is -2.28. The number of carbonyl (C=O) groups is 1. The molecule has 28 heavy (non-hydrogen) atoms. The molecular formula is C20H25BrN4O3. The van der Waals surface area contributed by atoms with Crippen LogP contribution in [0.1, 0.15) is 30.8 Å². The Morgan fingerprint density at radius 1 is 1.21 bits per heavy atom. The SMILES string of the molecule is CCc1nc(N[C@@H]2C(Cc3ccccc3)N(C(=O)O)C[C@@H]2O)c(CC)nc1Br. The Morgan fingerprint density at radius 3 is 2.50 bits per heavy atom. The van der Waals surface area contributed by atoms with Crippen LogP contribution in [-0.4, -0.2) is 55.9 Å². The van der Waals surface area contributed by atoms with E-state index in [4.69, 9.17) is 0 Å². The number of hydrogen-bond acceptors (Lipinski definition) is 5. The van der Waals surface area contributed by atoms with Crippen molar-refractivity contribution in [1.82, 2.24) is 14.9 Å². The number of aromatic nitrogens is 2. The number of carboxylic acid groups (broad SMARTS) is 1. The van der Waals surface area contributed by atoms with Crippen LogP contribution >= 0.6 is 15.9 Å². The highest BCUT2D eigenvalue weighted by atomic mass is 79.9. The number of anilines is 1. The molecule has 2 heterocycles. The molecule has 0 radical (unpaired) electrons. The fraction of sp³-hybridized carbons (Fsp3) is 0.450. The normalized spacial score (nSPS) is 21.7. The Kier molecular flexibility index (Phi) is 6.51. The zero-order chi connectivity index (χ0) is 20.3. The first kappa shape index (κ1) is 20.5. The molecule has 2 aromatic rings. The second-order valence-electron chi connectivity index (χ2n) is 6.89. The molecule has 8 heteroatoms. The van der Waals surface area contributed by atoms with E-state index in [1.807, 2.05) is 44.2 Å². The van der Waals surface area contributed by atoms with E-state index in [1.165, 1.54) is 4.90 Å². The lowest BCUT2D eigenvalue weighted by molar-refractivity contribution is 0.131. The van der Waals surface area contributed by atoms with Gasteiger partial charge in [-0.2, -0.15) is 0 Å². The van der Waals surface area contributed by atoms with E-state index in [9.17, 15) is 15.0 Å². The van der Waals surface area contributed by atoms with Crippen molar-refractivity contribution in [2.45, 2.75) is 51.3 Å². The summed E-state index contributed by atoms with van der Waals surface area (Å²) < 4.78 is 0.720. The smallest absolute Gasteiger partial charge is 0.407 e. The van der Waals surface area contributed by atoms with Crippen molar-refractivity contribution in [3.8, 4) is 0 Å². The van der Waals surface area contributed by atoms with E-state index in [-0.39, 0.29) is 6.54 Å². The molecule has 3 N–H and O–H groups in total. The molecule has 1 fully saturated rings. The van der Waals surface area contributed by atoms with Gasteiger partial charge in [0.2, 0.25) is 0 Å². The second kappa shape index (κ2) is 8.87. The molecule has 1 unspecified atom stereocenters. The van der Waals surface area contributed by atoms with E-state index < -0.39 is 24.3 Å². The molecular weight excluding hydrogens is 424 g/mol. The number of nitrogens with zero attached hydrogens (tertiary/aromatic N) is 3. The molecule has 3 atom stereocenters. The van der Waals surface area contributed by atoms with Crippen molar-refractivity contribution in [1.29, 1.82) is 0 Å². The van der Waals surface area contributed by atoms with Crippen molar-refractivity contribution < 1.29 is 15.0 Å². The first-order valence-electron chi connectivity index (χ1n) is 9.47. The van der Waals surface area contributed by atoms with Crippen LogP contribution in [0.25, 0.3) is 0 Å². The maximum absolute atomic E-state index is 11.8. The molecule has 0 spiro atoms. The number of aliphatic hydroxyl groups is 1. The average molecular weight is 449 g/mol. The van der Waals surface area contributed by atoms with Gasteiger partial charge < -0.3 is 20.4 Å². The number of β-amino-alcohol motifs (C(OH)–C–C–N with tert-alkyl or cyclic N) is 1. The fourth-order valence-corrected chi connectivity index (χ4v) is 4.22. The molecule has 3 rings (SSSR count). The highest BCUT2D eigenvalue weighted by Crippen LogP contribution is 2.27. The van der Waals surface area contributed by atoms with Gasteiger partial charge in [-0.1, -0.05) is 44.2 Å². The molecule has 1 aliphatic heterocycles. The van der Waals surface area contributed by atoms with Crippen molar-refractivity contribution in [3.63, 3.8) is 0 Å². The number of amides is 1.